The van der Waals surface area contributed by atoms with Gasteiger partial charge in [-0.3, -0.25) is 8.57 Å². The molecule has 0 atom stereocenters. The summed E-state index contributed by atoms with van der Waals surface area (Å²) in [7, 11) is -8.54. The predicted octanol–water partition coefficient (Wildman–Crippen LogP) is 5.89. The number of nitrogens with zero attached hydrogens (tertiary/aromatic N) is 2. The van der Waals surface area contributed by atoms with E-state index in [1.807, 2.05) is 0 Å². The van der Waals surface area contributed by atoms with Gasteiger partial charge in [-0.15, -0.1) is 0 Å². The average Bonchev–Trinajstić information content (AvgIpc) is 2.89. The number of rotatable bonds is 16. The molecule has 246 valence electrons. The van der Waals surface area contributed by atoms with Gasteiger partial charge >= 0.3 is 32.6 Å². The minimum absolute atomic E-state index is 0.0590. The Bertz CT molecular complexity index is 1520. The molecule has 0 saturated carbocycles. The van der Waals surface area contributed by atoms with Gasteiger partial charge in [-0.25, -0.2) is 0 Å². The van der Waals surface area contributed by atoms with Gasteiger partial charge in [-0.2, -0.15) is 43.2 Å². The Labute approximate surface area is 250 Å². The van der Waals surface area contributed by atoms with E-state index in [0.717, 1.165) is 18.2 Å². The summed E-state index contributed by atoms with van der Waals surface area (Å²) in [4.78, 5) is 0. The van der Waals surface area contributed by atoms with E-state index < -0.39 is 66.6 Å². The van der Waals surface area contributed by atoms with Crippen LogP contribution in [0.3, 0.4) is 0 Å². The zero-order valence-corrected chi connectivity index (χ0v) is 25.4. The van der Waals surface area contributed by atoms with Crippen LogP contribution < -0.4 is 9.47 Å². The first-order chi connectivity index (χ1) is 20.4. The highest BCUT2D eigenvalue weighted by Gasteiger charge is 2.40. The third-order valence-electron chi connectivity index (χ3n) is 5.34. The van der Waals surface area contributed by atoms with Gasteiger partial charge < -0.3 is 9.47 Å². The average molecular weight is 677 g/mol. The highest BCUT2D eigenvalue weighted by Crippen LogP contribution is 2.28. The molecule has 0 spiro atoms. The number of benzene rings is 2. The summed E-state index contributed by atoms with van der Waals surface area (Å²) >= 11 is 0. The number of alkyl halides is 6. The van der Waals surface area contributed by atoms with Crippen molar-refractivity contribution in [2.45, 2.75) is 52.4 Å². The Hall–Kier alpha value is -3.54. The first-order valence-electron chi connectivity index (χ1n) is 13.0. The van der Waals surface area contributed by atoms with Crippen LogP contribution in [0.5, 0.6) is 11.5 Å². The van der Waals surface area contributed by atoms with E-state index in [1.165, 1.54) is 45.0 Å². The molecule has 2 aromatic rings. The normalized spacial score (nSPS) is 13.5. The lowest BCUT2D eigenvalue weighted by Gasteiger charge is -2.14. The van der Waals surface area contributed by atoms with Gasteiger partial charge in [0.2, 0.25) is 0 Å². The minimum Gasteiger partial charge on any atom is -0.493 e. The van der Waals surface area contributed by atoms with Crippen molar-refractivity contribution in [3.8, 4) is 11.5 Å². The standard InChI is InChI=1S/C26H30F6N2O8S2/c1-4-15-43(35,36)41-33-23(25(27,28)29)19-7-9-20(10-8-19)39-13-6-14-40-21-11-12-22(18(3)17-21)24(26(30,31)32)34-42-44(37,38)16-5-2/h7-12,17H,4-6,13-16H2,1-3H3/b33-23-,34-24-. The minimum atomic E-state index is -5.01. The number of aryl methyl sites for hydroxylation is 1. The van der Waals surface area contributed by atoms with Crippen molar-refractivity contribution in [2.24, 2.45) is 10.3 Å². The molecule has 0 bridgehead atoms. The van der Waals surface area contributed by atoms with Crippen LogP contribution >= 0.6 is 0 Å². The molecule has 18 heteroatoms. The highest BCUT2D eigenvalue weighted by molar-refractivity contribution is 7.86. The quantitative estimate of drug-likeness (QED) is 0.0932. The second-order valence-electron chi connectivity index (χ2n) is 9.10. The Morgan fingerprint density at radius 2 is 1.16 bits per heavy atom. The summed E-state index contributed by atoms with van der Waals surface area (Å²) in [5.74, 6) is -0.602. The first-order valence-corrected chi connectivity index (χ1v) is 16.1. The molecule has 44 heavy (non-hydrogen) atoms. The first kappa shape index (κ1) is 36.7. The molecule has 0 aliphatic heterocycles. The van der Waals surface area contributed by atoms with E-state index in [4.69, 9.17) is 9.47 Å². The summed E-state index contributed by atoms with van der Waals surface area (Å²) in [6.45, 7) is 4.49. The third kappa shape index (κ3) is 11.9. The van der Waals surface area contributed by atoms with Gasteiger partial charge in [0.15, 0.2) is 11.4 Å². The highest BCUT2D eigenvalue weighted by atomic mass is 32.2. The second-order valence-corrected chi connectivity index (χ2v) is 12.4. The Kier molecular flexibility index (Phi) is 12.9. The second kappa shape index (κ2) is 15.5. The van der Waals surface area contributed by atoms with Gasteiger partial charge in [0.1, 0.15) is 11.5 Å². The van der Waals surface area contributed by atoms with Gasteiger partial charge in [0.25, 0.3) is 0 Å². The fraction of sp³-hybridized carbons (Fsp3) is 0.462. The smallest absolute Gasteiger partial charge is 0.437 e. The molecule has 0 fully saturated rings. The van der Waals surface area contributed by atoms with Gasteiger partial charge in [0, 0.05) is 17.5 Å². The van der Waals surface area contributed by atoms with E-state index in [9.17, 15) is 43.2 Å². The van der Waals surface area contributed by atoms with E-state index >= 15 is 0 Å². The molecule has 0 unspecified atom stereocenters. The number of hydrogen-bond acceptors (Lipinski definition) is 10. The molecule has 2 aromatic carbocycles. The van der Waals surface area contributed by atoms with E-state index in [2.05, 4.69) is 18.9 Å². The summed E-state index contributed by atoms with van der Waals surface area (Å²) in [5, 5.41) is 5.68. The van der Waals surface area contributed by atoms with Gasteiger partial charge in [0.05, 0.1) is 24.7 Å². The largest absolute Gasteiger partial charge is 0.493 e. The SMILES string of the molecule is CCCS(=O)(=O)O/N=C(/c1ccc(OCCCOc2ccc(/C(=N/OS(=O)(=O)CCC)C(F)(F)F)c(C)c2)cc1)C(F)(F)F. The maximum atomic E-state index is 13.6. The number of oxime groups is 2. The zero-order chi connectivity index (χ0) is 33.2. The molecule has 0 radical (unpaired) electrons. The third-order valence-corrected chi connectivity index (χ3v) is 7.76. The van der Waals surface area contributed by atoms with Crippen molar-refractivity contribution in [1.29, 1.82) is 0 Å². The molecule has 0 aliphatic carbocycles. The lowest BCUT2D eigenvalue weighted by molar-refractivity contribution is -0.0606. The Morgan fingerprint density at radius 1 is 0.705 bits per heavy atom. The van der Waals surface area contributed by atoms with Crippen LogP contribution in [-0.4, -0.2) is 65.3 Å². The van der Waals surface area contributed by atoms with E-state index in [-0.39, 0.29) is 49.5 Å². The van der Waals surface area contributed by atoms with Gasteiger partial charge in [-0.05, 0) is 67.8 Å². The summed E-state index contributed by atoms with van der Waals surface area (Å²) in [5.41, 5.74) is -3.84. The molecular weight excluding hydrogens is 646 g/mol. The monoisotopic (exact) mass is 676 g/mol. The molecule has 0 saturated heterocycles. The molecule has 0 heterocycles. The van der Waals surface area contributed by atoms with E-state index in [0.29, 0.717) is 0 Å². The topological polar surface area (TPSA) is 130 Å². The maximum Gasteiger partial charge on any atom is 0.437 e. The van der Waals surface area contributed by atoms with Crippen LogP contribution in [0.1, 0.15) is 49.8 Å². The van der Waals surface area contributed by atoms with Crippen LogP contribution in [0.15, 0.2) is 52.8 Å². The van der Waals surface area contributed by atoms with E-state index in [1.54, 1.807) is 0 Å². The zero-order valence-electron chi connectivity index (χ0n) is 23.7. The van der Waals surface area contributed by atoms with Crippen molar-refractivity contribution in [3.63, 3.8) is 0 Å². The van der Waals surface area contributed by atoms with Crippen LogP contribution in [-0.2, 0) is 28.8 Å². The van der Waals surface area contributed by atoms with Crippen molar-refractivity contribution >= 4 is 31.7 Å². The summed E-state index contributed by atoms with van der Waals surface area (Å²) < 4.78 is 147. The summed E-state index contributed by atoms with van der Waals surface area (Å²) in [6.07, 6.45) is -9.47. The fourth-order valence-electron chi connectivity index (χ4n) is 3.42. The molecule has 0 N–H and O–H groups in total. The number of hydrogen-bond donors (Lipinski definition) is 0. The fourth-order valence-corrected chi connectivity index (χ4v) is 4.95. The molecule has 0 aliphatic rings. The molecule has 2 rings (SSSR count). The Balaban J connectivity index is 1.98. The van der Waals surface area contributed by atoms with Crippen LogP contribution in [0, 0.1) is 6.92 Å². The van der Waals surface area contributed by atoms with Crippen LogP contribution in [0.25, 0.3) is 0 Å². The molecule has 0 amide bonds. The molecular formula is C26H30F6N2O8S2. The number of ether oxygens (including phenoxy) is 2. The molecule has 10 nitrogen and oxygen atoms in total. The van der Waals surface area contributed by atoms with Crippen molar-refractivity contribution in [3.05, 3.63) is 59.2 Å². The van der Waals surface area contributed by atoms with Crippen molar-refractivity contribution in [2.75, 3.05) is 24.7 Å². The predicted molar refractivity (Wildman–Crippen MR) is 149 cm³/mol. The van der Waals surface area contributed by atoms with Crippen LogP contribution in [0.2, 0.25) is 0 Å². The number of halogens is 6. The lowest BCUT2D eigenvalue weighted by Crippen LogP contribution is -2.26. The van der Waals surface area contributed by atoms with Gasteiger partial charge in [-0.1, -0.05) is 24.2 Å². The summed E-state index contributed by atoms with van der Waals surface area (Å²) in [6, 6.07) is 8.10. The maximum absolute atomic E-state index is 13.6. The lowest BCUT2D eigenvalue weighted by atomic mass is 10.0. The van der Waals surface area contributed by atoms with Crippen LogP contribution in [0.4, 0.5) is 26.3 Å². The molecule has 0 aromatic heterocycles. The van der Waals surface area contributed by atoms with Crippen molar-refractivity contribution < 1.29 is 61.2 Å². The van der Waals surface area contributed by atoms with Crippen molar-refractivity contribution in [1.82, 2.24) is 0 Å². The Morgan fingerprint density at radius 3 is 1.61 bits per heavy atom.